The number of aromatic hydroxyl groups is 1. The molecule has 2 aromatic carbocycles. The minimum Gasteiger partial charge on any atom is -0.494 e. The lowest BCUT2D eigenvalue weighted by Gasteiger charge is -2.30. The van der Waals surface area contributed by atoms with Crippen LogP contribution in [0.5, 0.6) is 11.8 Å². The summed E-state index contributed by atoms with van der Waals surface area (Å²) in [6.45, 7) is 0.557. The molecular formula is C27H24N6O2. The van der Waals surface area contributed by atoms with Crippen molar-refractivity contribution < 1.29 is 9.84 Å². The minimum atomic E-state index is -0.301. The van der Waals surface area contributed by atoms with Crippen LogP contribution in [-0.2, 0) is 7.05 Å². The van der Waals surface area contributed by atoms with E-state index in [2.05, 4.69) is 20.4 Å². The summed E-state index contributed by atoms with van der Waals surface area (Å²) in [7, 11) is 1.89. The zero-order chi connectivity index (χ0) is 23.8. The SMILES string of the molecule is Cn1cc(-c2cnc3c(c2)NC[C@@H]([C@H](N=Cc2c(O)[nH]c4ccccc24)c2ccccc2)O3)cn1. The molecule has 6 rings (SSSR count). The standard InChI is InChI=1S/C27H24N6O2/c1-33-16-19(13-31-33)18-11-23-27(30-12-18)35-24(15-28-23)25(17-7-3-2-4-8-17)29-14-21-20-9-5-6-10-22(20)32-26(21)34/h2-14,16,24-25,28,32,34H,15H2,1H3/t24-,25+/m0/s1. The smallest absolute Gasteiger partial charge is 0.237 e. The molecule has 174 valence electrons. The van der Waals surface area contributed by atoms with Crippen molar-refractivity contribution in [3.63, 3.8) is 0 Å². The zero-order valence-corrected chi connectivity index (χ0v) is 19.1. The highest BCUT2D eigenvalue weighted by atomic mass is 16.5. The van der Waals surface area contributed by atoms with Gasteiger partial charge in [-0.25, -0.2) is 4.98 Å². The first kappa shape index (κ1) is 21.0. The number of aromatic nitrogens is 4. The molecule has 0 spiro atoms. The summed E-state index contributed by atoms with van der Waals surface area (Å²) in [4.78, 5) is 12.5. The van der Waals surface area contributed by atoms with Gasteiger partial charge in [0, 0.05) is 47.7 Å². The van der Waals surface area contributed by atoms with Crippen LogP contribution in [0.3, 0.4) is 0 Å². The van der Waals surface area contributed by atoms with Crippen LogP contribution in [0.4, 0.5) is 5.69 Å². The molecule has 0 fully saturated rings. The van der Waals surface area contributed by atoms with E-state index in [1.165, 1.54) is 0 Å². The van der Waals surface area contributed by atoms with Crippen LogP contribution in [0.15, 0.2) is 84.2 Å². The third-order valence-corrected chi connectivity index (χ3v) is 6.23. The van der Waals surface area contributed by atoms with Crippen molar-refractivity contribution in [2.75, 3.05) is 11.9 Å². The Hall–Kier alpha value is -4.59. The maximum atomic E-state index is 10.5. The quantitative estimate of drug-likeness (QED) is 0.327. The Bertz CT molecular complexity index is 1520. The predicted octanol–water partition coefficient (Wildman–Crippen LogP) is 4.70. The number of hydrogen-bond donors (Lipinski definition) is 3. The number of benzene rings is 2. The van der Waals surface area contributed by atoms with E-state index < -0.39 is 0 Å². The topological polar surface area (TPSA) is 100 Å². The number of pyridine rings is 1. The first-order valence-corrected chi connectivity index (χ1v) is 11.4. The number of anilines is 1. The first-order chi connectivity index (χ1) is 17.2. The zero-order valence-electron chi connectivity index (χ0n) is 19.1. The Kier molecular flexibility index (Phi) is 5.18. The van der Waals surface area contributed by atoms with Crippen LogP contribution in [0.2, 0.25) is 0 Å². The van der Waals surface area contributed by atoms with Gasteiger partial charge >= 0.3 is 0 Å². The summed E-state index contributed by atoms with van der Waals surface area (Å²) in [5.41, 5.74) is 5.35. The number of aliphatic imine (C=N–C) groups is 1. The van der Waals surface area contributed by atoms with Gasteiger partial charge in [-0.05, 0) is 17.7 Å². The van der Waals surface area contributed by atoms with E-state index in [0.717, 1.165) is 33.3 Å². The molecule has 0 bridgehead atoms. The molecule has 0 saturated carbocycles. The number of hydrogen-bond acceptors (Lipinski definition) is 6. The van der Waals surface area contributed by atoms with Crippen LogP contribution in [0.25, 0.3) is 22.0 Å². The molecule has 8 heteroatoms. The number of aromatic amines is 1. The summed E-state index contributed by atoms with van der Waals surface area (Å²) in [5.74, 6) is 0.638. The summed E-state index contributed by atoms with van der Waals surface area (Å²) in [6.07, 6.45) is 7.01. The van der Waals surface area contributed by atoms with Gasteiger partial charge in [0.25, 0.3) is 0 Å². The van der Waals surface area contributed by atoms with Crippen molar-refractivity contribution in [2.24, 2.45) is 12.0 Å². The van der Waals surface area contributed by atoms with Gasteiger partial charge in [0.1, 0.15) is 12.1 Å². The van der Waals surface area contributed by atoms with E-state index in [9.17, 15) is 5.11 Å². The Labute approximate surface area is 201 Å². The Morgan fingerprint density at radius 1 is 1.11 bits per heavy atom. The highest BCUT2D eigenvalue weighted by Gasteiger charge is 2.29. The van der Waals surface area contributed by atoms with Gasteiger partial charge in [-0.15, -0.1) is 0 Å². The monoisotopic (exact) mass is 464 g/mol. The molecule has 1 aliphatic rings. The van der Waals surface area contributed by atoms with Crippen molar-refractivity contribution in [1.29, 1.82) is 0 Å². The van der Waals surface area contributed by atoms with Gasteiger partial charge in [-0.1, -0.05) is 48.5 Å². The summed E-state index contributed by atoms with van der Waals surface area (Å²) < 4.78 is 8.12. The number of H-pyrrole nitrogens is 1. The van der Waals surface area contributed by atoms with Crippen molar-refractivity contribution in [3.8, 4) is 22.9 Å². The van der Waals surface area contributed by atoms with Crippen LogP contribution in [0, 0.1) is 0 Å². The molecule has 35 heavy (non-hydrogen) atoms. The number of rotatable bonds is 5. The average molecular weight is 465 g/mol. The van der Waals surface area contributed by atoms with Gasteiger partial charge in [-0.2, -0.15) is 5.10 Å². The largest absolute Gasteiger partial charge is 0.494 e. The summed E-state index contributed by atoms with van der Waals surface area (Å²) >= 11 is 0. The Morgan fingerprint density at radius 2 is 1.94 bits per heavy atom. The molecule has 5 aromatic rings. The van der Waals surface area contributed by atoms with Gasteiger partial charge < -0.3 is 20.1 Å². The highest BCUT2D eigenvalue weighted by Crippen LogP contribution is 2.35. The molecular weight excluding hydrogens is 440 g/mol. The Morgan fingerprint density at radius 3 is 2.77 bits per heavy atom. The van der Waals surface area contributed by atoms with Crippen LogP contribution < -0.4 is 10.1 Å². The fourth-order valence-electron chi connectivity index (χ4n) is 4.45. The second-order valence-electron chi connectivity index (χ2n) is 8.58. The maximum Gasteiger partial charge on any atom is 0.237 e. The number of fused-ring (bicyclic) bond motifs is 2. The molecule has 0 radical (unpaired) electrons. The Balaban J connectivity index is 1.32. The van der Waals surface area contributed by atoms with E-state index in [1.807, 2.05) is 80.1 Å². The van der Waals surface area contributed by atoms with E-state index in [0.29, 0.717) is 18.0 Å². The van der Waals surface area contributed by atoms with Gasteiger partial charge in [-0.3, -0.25) is 9.67 Å². The van der Waals surface area contributed by atoms with Crippen LogP contribution in [-0.4, -0.2) is 43.7 Å². The van der Waals surface area contributed by atoms with Crippen LogP contribution >= 0.6 is 0 Å². The van der Waals surface area contributed by atoms with E-state index in [1.54, 1.807) is 17.1 Å². The first-order valence-electron chi connectivity index (χ1n) is 11.4. The fraction of sp³-hybridized carbons (Fsp3) is 0.148. The molecule has 1 aliphatic heterocycles. The minimum absolute atomic E-state index is 0.0967. The molecule has 3 aromatic heterocycles. The van der Waals surface area contributed by atoms with Gasteiger partial charge in [0.05, 0.1) is 24.0 Å². The lowest BCUT2D eigenvalue weighted by molar-refractivity contribution is 0.169. The number of para-hydroxylation sites is 1. The predicted molar refractivity (Wildman–Crippen MR) is 136 cm³/mol. The highest BCUT2D eigenvalue weighted by molar-refractivity contribution is 6.02. The van der Waals surface area contributed by atoms with Gasteiger partial charge in [0.2, 0.25) is 5.88 Å². The second-order valence-corrected chi connectivity index (χ2v) is 8.58. The molecule has 8 nitrogen and oxygen atoms in total. The van der Waals surface area contributed by atoms with E-state index in [4.69, 9.17) is 9.73 Å². The summed E-state index contributed by atoms with van der Waals surface area (Å²) in [5, 5.41) is 19.1. The number of nitrogens with zero attached hydrogens (tertiary/aromatic N) is 4. The lowest BCUT2D eigenvalue weighted by atomic mass is 10.0. The molecule has 0 unspecified atom stereocenters. The number of nitrogens with one attached hydrogen (secondary N) is 2. The second kappa shape index (κ2) is 8.64. The average Bonchev–Trinajstić information content (AvgIpc) is 3.47. The van der Waals surface area contributed by atoms with Crippen LogP contribution in [0.1, 0.15) is 17.2 Å². The molecule has 0 amide bonds. The maximum absolute atomic E-state index is 10.5. The van der Waals surface area contributed by atoms with Crippen molar-refractivity contribution in [1.82, 2.24) is 19.7 Å². The molecule has 2 atom stereocenters. The van der Waals surface area contributed by atoms with Crippen molar-refractivity contribution in [3.05, 3.63) is 90.4 Å². The molecule has 0 aliphatic carbocycles. The number of ether oxygens (including phenoxy) is 1. The van der Waals surface area contributed by atoms with Crippen molar-refractivity contribution in [2.45, 2.75) is 12.1 Å². The van der Waals surface area contributed by atoms with E-state index >= 15 is 0 Å². The summed E-state index contributed by atoms with van der Waals surface area (Å²) in [6, 6.07) is 19.5. The van der Waals surface area contributed by atoms with E-state index in [-0.39, 0.29) is 18.0 Å². The third kappa shape index (κ3) is 3.99. The number of aryl methyl sites for hydroxylation is 1. The van der Waals surface area contributed by atoms with Crippen molar-refractivity contribution >= 4 is 22.8 Å². The third-order valence-electron chi connectivity index (χ3n) is 6.23. The molecule has 3 N–H and O–H groups in total. The normalized spacial score (nSPS) is 16.1. The van der Waals surface area contributed by atoms with Gasteiger partial charge in [0.15, 0.2) is 5.88 Å². The molecule has 4 heterocycles. The lowest BCUT2D eigenvalue weighted by Crippen LogP contribution is -2.36. The fourth-order valence-corrected chi connectivity index (χ4v) is 4.45. The molecule has 0 saturated heterocycles.